The van der Waals surface area contributed by atoms with Crippen LogP contribution >= 0.6 is 0 Å². The first-order chi connectivity index (χ1) is 11.9. The van der Waals surface area contributed by atoms with E-state index in [2.05, 4.69) is 43.9 Å². The van der Waals surface area contributed by atoms with Gasteiger partial charge in [0.05, 0.1) is 12.2 Å². The summed E-state index contributed by atoms with van der Waals surface area (Å²) in [5.41, 5.74) is 2.17. The molecule has 2 saturated heterocycles. The molecule has 2 aliphatic heterocycles. The van der Waals surface area contributed by atoms with Crippen molar-refractivity contribution in [1.82, 2.24) is 19.6 Å². The van der Waals surface area contributed by atoms with Crippen molar-refractivity contribution >= 4 is 6.09 Å². The first-order valence-corrected chi connectivity index (χ1v) is 9.64. The molecular weight excluding hydrogens is 316 g/mol. The summed E-state index contributed by atoms with van der Waals surface area (Å²) in [7, 11) is 0. The predicted octanol–water partition coefficient (Wildman–Crippen LogP) is 3.04. The lowest BCUT2D eigenvalue weighted by atomic mass is 9.91. The average Bonchev–Trinajstić information content (AvgIpc) is 3.08. The van der Waals surface area contributed by atoms with E-state index < -0.39 is 0 Å². The fraction of sp³-hybridized carbons (Fsp3) is 0.789. The van der Waals surface area contributed by atoms with Gasteiger partial charge in [-0.15, -0.1) is 0 Å². The summed E-state index contributed by atoms with van der Waals surface area (Å²) in [5, 5.41) is 4.53. The highest BCUT2D eigenvalue weighted by atomic mass is 16.6. The third kappa shape index (κ3) is 4.17. The summed E-state index contributed by atoms with van der Waals surface area (Å²) in [6, 6.07) is 0. The topological polar surface area (TPSA) is 50.6 Å². The van der Waals surface area contributed by atoms with E-state index in [0.29, 0.717) is 5.92 Å². The van der Waals surface area contributed by atoms with Crippen LogP contribution in [0, 0.1) is 12.8 Å². The first kappa shape index (κ1) is 18.2. The highest BCUT2D eigenvalue weighted by Crippen LogP contribution is 2.34. The number of ether oxygens (including phenoxy) is 1. The standard InChI is InChI=1S/C19H32N4O2/c1-5-23-13-17(16(4)20-23)12-21-10-7-19(8-11-21)14-22(18(24)25-19)9-6-15(2)3/h13,15H,5-12,14H2,1-4H3. The van der Waals surface area contributed by atoms with E-state index in [4.69, 9.17) is 4.74 Å². The lowest BCUT2D eigenvalue weighted by Crippen LogP contribution is -2.46. The minimum Gasteiger partial charge on any atom is -0.441 e. The van der Waals surface area contributed by atoms with Crippen LogP contribution in [0.2, 0.25) is 0 Å². The van der Waals surface area contributed by atoms with Crippen LogP contribution in [0.1, 0.15) is 51.3 Å². The zero-order valence-electron chi connectivity index (χ0n) is 16.1. The summed E-state index contributed by atoms with van der Waals surface area (Å²) in [6.07, 6.45) is 4.94. The fourth-order valence-corrected chi connectivity index (χ4v) is 3.77. The third-order valence-electron chi connectivity index (χ3n) is 5.55. The fourth-order valence-electron chi connectivity index (χ4n) is 3.77. The molecule has 1 aromatic rings. The molecule has 0 aliphatic carbocycles. The van der Waals surface area contributed by atoms with Gasteiger partial charge in [-0.3, -0.25) is 9.58 Å². The summed E-state index contributed by atoms with van der Waals surface area (Å²) >= 11 is 0. The zero-order valence-corrected chi connectivity index (χ0v) is 16.1. The molecule has 0 radical (unpaired) electrons. The van der Waals surface area contributed by atoms with Crippen molar-refractivity contribution in [2.24, 2.45) is 5.92 Å². The number of aryl methyl sites for hydroxylation is 2. The molecule has 0 bridgehead atoms. The van der Waals surface area contributed by atoms with Crippen molar-refractivity contribution in [3.05, 3.63) is 17.5 Å². The van der Waals surface area contributed by atoms with Crippen molar-refractivity contribution in [3.63, 3.8) is 0 Å². The molecule has 1 aromatic heterocycles. The van der Waals surface area contributed by atoms with Gasteiger partial charge >= 0.3 is 6.09 Å². The Kier molecular flexibility index (Phi) is 5.37. The van der Waals surface area contributed by atoms with Crippen LogP contribution in [-0.2, 0) is 17.8 Å². The monoisotopic (exact) mass is 348 g/mol. The summed E-state index contributed by atoms with van der Waals surface area (Å²) in [5.74, 6) is 0.610. The van der Waals surface area contributed by atoms with Crippen molar-refractivity contribution in [2.75, 3.05) is 26.2 Å². The van der Waals surface area contributed by atoms with Crippen LogP contribution in [0.25, 0.3) is 0 Å². The van der Waals surface area contributed by atoms with Crippen molar-refractivity contribution in [1.29, 1.82) is 0 Å². The maximum absolute atomic E-state index is 12.2. The number of hydrogen-bond donors (Lipinski definition) is 0. The molecule has 0 unspecified atom stereocenters. The Morgan fingerprint density at radius 1 is 1.32 bits per heavy atom. The van der Waals surface area contributed by atoms with Gasteiger partial charge in [0.15, 0.2) is 0 Å². The highest BCUT2D eigenvalue weighted by Gasteiger charge is 2.46. The smallest absolute Gasteiger partial charge is 0.410 e. The Hall–Kier alpha value is -1.56. The molecule has 3 heterocycles. The van der Waals surface area contributed by atoms with Crippen LogP contribution in [0.4, 0.5) is 4.79 Å². The number of rotatable bonds is 6. The van der Waals surface area contributed by atoms with Gasteiger partial charge in [-0.05, 0) is 26.2 Å². The van der Waals surface area contributed by atoms with Crippen molar-refractivity contribution in [2.45, 2.75) is 65.6 Å². The average molecular weight is 348 g/mol. The van der Waals surface area contributed by atoms with Gasteiger partial charge in [0, 0.05) is 57.3 Å². The van der Waals surface area contributed by atoms with E-state index in [1.54, 1.807) is 0 Å². The second-order valence-electron chi connectivity index (χ2n) is 8.03. The van der Waals surface area contributed by atoms with E-state index in [9.17, 15) is 4.79 Å². The number of nitrogens with zero attached hydrogens (tertiary/aromatic N) is 4. The summed E-state index contributed by atoms with van der Waals surface area (Å²) in [4.78, 5) is 16.6. The molecule has 3 rings (SSSR count). The van der Waals surface area contributed by atoms with Crippen LogP contribution in [-0.4, -0.2) is 57.5 Å². The second kappa shape index (κ2) is 7.36. The summed E-state index contributed by atoms with van der Waals surface area (Å²) < 4.78 is 7.82. The maximum Gasteiger partial charge on any atom is 0.410 e. The molecule has 0 saturated carbocycles. The molecule has 0 aromatic carbocycles. The minimum absolute atomic E-state index is 0.117. The summed E-state index contributed by atoms with van der Waals surface area (Å²) in [6.45, 7) is 14.0. The molecule has 6 nitrogen and oxygen atoms in total. The lowest BCUT2D eigenvalue weighted by Gasteiger charge is -2.37. The molecule has 1 amide bonds. The second-order valence-corrected chi connectivity index (χ2v) is 8.03. The van der Waals surface area contributed by atoms with Crippen molar-refractivity contribution in [3.8, 4) is 0 Å². The molecule has 25 heavy (non-hydrogen) atoms. The lowest BCUT2D eigenvalue weighted by molar-refractivity contribution is -0.00128. The molecule has 0 N–H and O–H groups in total. The first-order valence-electron chi connectivity index (χ1n) is 9.64. The molecule has 140 valence electrons. The van der Waals surface area contributed by atoms with E-state index in [-0.39, 0.29) is 11.7 Å². The normalized spacial score (nSPS) is 20.7. The SMILES string of the molecule is CCn1cc(CN2CCC3(CC2)CN(CCC(C)C)C(=O)O3)c(C)n1. The van der Waals surface area contributed by atoms with Gasteiger partial charge in [0.25, 0.3) is 0 Å². The molecule has 2 fully saturated rings. The number of carbonyl (C=O) groups is 1. The predicted molar refractivity (Wildman–Crippen MR) is 97.4 cm³/mol. The Balaban J connectivity index is 1.53. The van der Waals surface area contributed by atoms with E-state index in [0.717, 1.165) is 64.2 Å². The van der Waals surface area contributed by atoms with Crippen LogP contribution in [0.3, 0.4) is 0 Å². The molecule has 2 aliphatic rings. The minimum atomic E-state index is -0.257. The zero-order chi connectivity index (χ0) is 18.0. The number of carbonyl (C=O) groups excluding carboxylic acids is 1. The van der Waals surface area contributed by atoms with Gasteiger partial charge < -0.3 is 9.64 Å². The number of likely N-dealkylation sites (tertiary alicyclic amines) is 1. The Morgan fingerprint density at radius 3 is 2.64 bits per heavy atom. The molecule has 1 spiro atoms. The quantitative estimate of drug-likeness (QED) is 0.793. The Bertz CT molecular complexity index is 603. The third-order valence-corrected chi connectivity index (χ3v) is 5.55. The van der Waals surface area contributed by atoms with E-state index in [1.807, 2.05) is 9.58 Å². The Labute approximate surface area is 151 Å². The van der Waals surface area contributed by atoms with Gasteiger partial charge in [0.2, 0.25) is 0 Å². The molecule has 0 atom stereocenters. The van der Waals surface area contributed by atoms with Gasteiger partial charge in [0.1, 0.15) is 5.60 Å². The van der Waals surface area contributed by atoms with Crippen LogP contribution in [0.5, 0.6) is 0 Å². The molecule has 6 heteroatoms. The molecular formula is C19H32N4O2. The Morgan fingerprint density at radius 2 is 2.04 bits per heavy atom. The highest BCUT2D eigenvalue weighted by molar-refractivity contribution is 5.70. The maximum atomic E-state index is 12.2. The van der Waals surface area contributed by atoms with Gasteiger partial charge in [-0.25, -0.2) is 4.79 Å². The largest absolute Gasteiger partial charge is 0.441 e. The number of hydrogen-bond acceptors (Lipinski definition) is 4. The van der Waals surface area contributed by atoms with E-state index in [1.165, 1.54) is 5.56 Å². The van der Waals surface area contributed by atoms with Gasteiger partial charge in [-0.1, -0.05) is 13.8 Å². The van der Waals surface area contributed by atoms with Crippen LogP contribution < -0.4 is 0 Å². The number of amides is 1. The van der Waals surface area contributed by atoms with Crippen LogP contribution in [0.15, 0.2) is 6.20 Å². The van der Waals surface area contributed by atoms with Crippen molar-refractivity contribution < 1.29 is 9.53 Å². The van der Waals surface area contributed by atoms with Gasteiger partial charge in [-0.2, -0.15) is 5.10 Å². The number of aromatic nitrogens is 2. The number of piperidine rings is 1. The van der Waals surface area contributed by atoms with E-state index >= 15 is 0 Å².